The van der Waals surface area contributed by atoms with Crippen LogP contribution < -0.4 is 0 Å². The molecule has 2 aromatic heterocycles. The molecule has 5 aromatic carbocycles. The van der Waals surface area contributed by atoms with Crippen molar-refractivity contribution in [1.82, 2.24) is 14.5 Å². The minimum atomic E-state index is -0.283. The zero-order valence-corrected chi connectivity index (χ0v) is 35.1. The molecule has 0 saturated carbocycles. The fraction of sp³-hybridized carbons (Fsp3) is 0.321. The molecule has 0 atom stereocenters. The molecule has 2 heterocycles. The highest BCUT2D eigenvalue weighted by molar-refractivity contribution is 5.97. The summed E-state index contributed by atoms with van der Waals surface area (Å²) in [4.78, 5) is 10.4. The molecule has 4 nitrogen and oxygen atoms in total. The number of nitrogens with zero attached hydrogens (tertiary/aromatic N) is 3. The average Bonchev–Trinajstić information content (AvgIpc) is 3.86. The second-order valence-electron chi connectivity index (χ2n) is 19.8. The maximum absolute atomic E-state index is 12.4. The fourth-order valence-corrected chi connectivity index (χ4v) is 9.57. The third-order valence-electron chi connectivity index (χ3n) is 12.8. The highest BCUT2D eigenvalue weighted by atomic mass is 16.3. The summed E-state index contributed by atoms with van der Waals surface area (Å²) in [5.74, 6) is 1.07. The predicted molar refractivity (Wildman–Crippen MR) is 237 cm³/mol. The molecule has 2 aliphatic rings. The maximum Gasteiger partial charge on any atom is 0.149 e. The SMILES string of the molecule is CC(C)(C)c1cc(-c2ccccn2)cc(-c2cccc3c2nc(-c2cc(C(C)(C)C)cc(C(C)(C)C)c2O)n3-c2cccc3c2CCC32Cc3ccccc3C2)c1. The van der Waals surface area contributed by atoms with E-state index in [1.165, 1.54) is 33.4 Å². The van der Waals surface area contributed by atoms with Crippen molar-refractivity contribution in [2.75, 3.05) is 0 Å². The number of phenolic OH excluding ortho intramolecular Hbond substituents is 1. The van der Waals surface area contributed by atoms with E-state index in [2.05, 4.69) is 170 Å². The highest BCUT2D eigenvalue weighted by Crippen LogP contribution is 2.51. The lowest BCUT2D eigenvalue weighted by Crippen LogP contribution is -2.23. The van der Waals surface area contributed by atoms with Crippen LogP contribution in [0.15, 0.2) is 115 Å². The first kappa shape index (κ1) is 37.1. The van der Waals surface area contributed by atoms with E-state index in [1.807, 2.05) is 12.3 Å². The smallest absolute Gasteiger partial charge is 0.149 e. The molecule has 1 N–H and O–H groups in total. The monoisotopic (exact) mass is 749 g/mol. The van der Waals surface area contributed by atoms with Gasteiger partial charge in [0.05, 0.1) is 28.0 Å². The summed E-state index contributed by atoms with van der Waals surface area (Å²) in [5.41, 5.74) is 16.8. The van der Waals surface area contributed by atoms with E-state index in [0.29, 0.717) is 5.75 Å². The lowest BCUT2D eigenvalue weighted by molar-refractivity contribution is 0.446. The molecular formula is C53H55N3O. The molecule has 1 spiro atoms. The van der Waals surface area contributed by atoms with Gasteiger partial charge in [-0.1, -0.05) is 129 Å². The maximum atomic E-state index is 12.4. The lowest BCUT2D eigenvalue weighted by atomic mass is 9.78. The quantitative estimate of drug-likeness (QED) is 0.195. The van der Waals surface area contributed by atoms with Gasteiger partial charge in [0.2, 0.25) is 0 Å². The number of hydrogen-bond donors (Lipinski definition) is 1. The van der Waals surface area contributed by atoms with Crippen LogP contribution in [0.2, 0.25) is 0 Å². The summed E-state index contributed by atoms with van der Waals surface area (Å²) in [7, 11) is 0. The van der Waals surface area contributed by atoms with Gasteiger partial charge in [-0.25, -0.2) is 4.98 Å². The number of benzene rings is 5. The molecule has 0 unspecified atom stereocenters. The Balaban J connectivity index is 1.34. The molecule has 0 amide bonds. The third-order valence-corrected chi connectivity index (χ3v) is 12.8. The number of phenols is 1. The molecule has 9 rings (SSSR count). The van der Waals surface area contributed by atoms with Gasteiger partial charge in [0.15, 0.2) is 0 Å². The van der Waals surface area contributed by atoms with Crippen molar-refractivity contribution >= 4 is 11.0 Å². The van der Waals surface area contributed by atoms with Crippen molar-refractivity contribution in [3.05, 3.63) is 154 Å². The topological polar surface area (TPSA) is 50.9 Å². The van der Waals surface area contributed by atoms with Crippen molar-refractivity contribution < 1.29 is 5.11 Å². The Hall–Kier alpha value is -5.48. The zero-order chi connectivity index (χ0) is 40.1. The normalized spacial score (nSPS) is 15.0. The van der Waals surface area contributed by atoms with Gasteiger partial charge in [0.1, 0.15) is 11.6 Å². The Morgan fingerprint density at radius 3 is 1.96 bits per heavy atom. The van der Waals surface area contributed by atoms with Gasteiger partial charge < -0.3 is 5.11 Å². The van der Waals surface area contributed by atoms with E-state index in [1.54, 1.807) is 0 Å². The minimum Gasteiger partial charge on any atom is -0.507 e. The van der Waals surface area contributed by atoms with Crippen molar-refractivity contribution in [3.8, 4) is 45.2 Å². The second-order valence-corrected chi connectivity index (χ2v) is 19.8. The van der Waals surface area contributed by atoms with E-state index < -0.39 is 0 Å². The summed E-state index contributed by atoms with van der Waals surface area (Å²) in [6.45, 7) is 20.1. The lowest BCUT2D eigenvalue weighted by Gasteiger charge is -2.28. The van der Waals surface area contributed by atoms with Crippen LogP contribution in [0, 0.1) is 0 Å². The summed E-state index contributed by atoms with van der Waals surface area (Å²) >= 11 is 0. The van der Waals surface area contributed by atoms with E-state index >= 15 is 0 Å². The van der Waals surface area contributed by atoms with Crippen LogP contribution in [0.25, 0.3) is 50.5 Å². The Labute approximate surface area is 338 Å². The molecular weight excluding hydrogens is 695 g/mol. The van der Waals surface area contributed by atoms with Crippen molar-refractivity contribution in [2.24, 2.45) is 0 Å². The first-order valence-corrected chi connectivity index (χ1v) is 20.7. The number of rotatable bonds is 4. The summed E-state index contributed by atoms with van der Waals surface area (Å²) in [5, 5.41) is 12.4. The van der Waals surface area contributed by atoms with Crippen LogP contribution in [-0.2, 0) is 40.9 Å². The standard InChI is InChI=1S/C53H55N3O/c1-50(2,3)37-27-35(26-36(28-37)44-20-12-13-25-54-44)39-18-14-22-46-47(39)55-49(41-29-38(51(4,5)6)30-43(48(41)57)52(7,8)9)56(46)45-21-15-19-42-40(45)23-24-53(42)31-33-16-10-11-17-34(33)32-53/h10-22,25-30,57H,23-24,31-32H2,1-9H3. The molecule has 0 aliphatic heterocycles. The van der Waals surface area contributed by atoms with Crippen LogP contribution in [-0.4, -0.2) is 19.6 Å². The number of pyridine rings is 1. The van der Waals surface area contributed by atoms with Gasteiger partial charge in [0.25, 0.3) is 0 Å². The Kier molecular flexibility index (Phi) is 8.48. The number of aromatic nitrogens is 3. The molecule has 0 radical (unpaired) electrons. The molecule has 0 bridgehead atoms. The largest absolute Gasteiger partial charge is 0.507 e. The van der Waals surface area contributed by atoms with E-state index in [-0.39, 0.29) is 21.7 Å². The molecule has 288 valence electrons. The Bertz CT molecular complexity index is 2670. The van der Waals surface area contributed by atoms with Crippen LogP contribution in [0.5, 0.6) is 5.75 Å². The molecule has 2 aliphatic carbocycles. The molecule has 4 heteroatoms. The Morgan fingerprint density at radius 1 is 0.632 bits per heavy atom. The number of imidazole rings is 1. The van der Waals surface area contributed by atoms with Gasteiger partial charge in [0, 0.05) is 28.3 Å². The average molecular weight is 750 g/mol. The zero-order valence-electron chi connectivity index (χ0n) is 35.1. The minimum absolute atomic E-state index is 0.0824. The summed E-state index contributed by atoms with van der Waals surface area (Å²) in [6.07, 6.45) is 6.14. The van der Waals surface area contributed by atoms with Gasteiger partial charge >= 0.3 is 0 Å². The van der Waals surface area contributed by atoms with Crippen molar-refractivity contribution in [3.63, 3.8) is 0 Å². The number of fused-ring (bicyclic) bond motifs is 4. The summed E-state index contributed by atoms with van der Waals surface area (Å²) in [6, 6.07) is 39.9. The van der Waals surface area contributed by atoms with Crippen LogP contribution in [0.3, 0.4) is 0 Å². The second kappa shape index (κ2) is 13.0. The molecule has 57 heavy (non-hydrogen) atoms. The van der Waals surface area contributed by atoms with Crippen LogP contribution in [0.1, 0.15) is 108 Å². The van der Waals surface area contributed by atoms with Gasteiger partial charge in [-0.3, -0.25) is 9.55 Å². The van der Waals surface area contributed by atoms with Crippen molar-refractivity contribution in [1.29, 1.82) is 0 Å². The van der Waals surface area contributed by atoms with Gasteiger partial charge in [-0.05, 0) is 123 Å². The highest BCUT2D eigenvalue weighted by Gasteiger charge is 2.44. The van der Waals surface area contributed by atoms with Gasteiger partial charge in [-0.15, -0.1) is 0 Å². The number of hydrogen-bond acceptors (Lipinski definition) is 3. The third kappa shape index (κ3) is 6.29. The molecule has 0 fully saturated rings. The Morgan fingerprint density at radius 2 is 1.30 bits per heavy atom. The first-order valence-electron chi connectivity index (χ1n) is 20.7. The van der Waals surface area contributed by atoms with E-state index in [4.69, 9.17) is 9.97 Å². The number of aromatic hydroxyl groups is 1. The van der Waals surface area contributed by atoms with E-state index in [0.717, 1.165) is 81.7 Å². The van der Waals surface area contributed by atoms with Gasteiger partial charge in [-0.2, -0.15) is 0 Å². The van der Waals surface area contributed by atoms with E-state index in [9.17, 15) is 5.11 Å². The predicted octanol–water partition coefficient (Wildman–Crippen LogP) is 13.0. The number of para-hydroxylation sites is 1. The van der Waals surface area contributed by atoms with Crippen LogP contribution >= 0.6 is 0 Å². The molecule has 7 aromatic rings. The summed E-state index contributed by atoms with van der Waals surface area (Å²) < 4.78 is 2.37. The van der Waals surface area contributed by atoms with Crippen LogP contribution in [0.4, 0.5) is 0 Å². The fourth-order valence-electron chi connectivity index (χ4n) is 9.57. The first-order chi connectivity index (χ1) is 27.0. The molecule has 0 saturated heterocycles. The van der Waals surface area contributed by atoms with Crippen molar-refractivity contribution in [2.45, 2.75) is 110 Å².